The standard InChI is InChI=1S/C23H25FN4O3/c1-29-19-6-2-17(3-7-19)21(28-12-14-30-15-13-28)16-26-23-25-11-10-22(27-23)31-20-8-4-18(24)5-9-20/h2-11,21H,12-16H2,1H3,(H,25,26,27). The molecular weight excluding hydrogens is 399 g/mol. The van der Waals surface area contributed by atoms with Gasteiger partial charge in [0.1, 0.15) is 17.3 Å². The average molecular weight is 424 g/mol. The topological polar surface area (TPSA) is 68.7 Å². The summed E-state index contributed by atoms with van der Waals surface area (Å²) in [6.07, 6.45) is 1.63. The van der Waals surface area contributed by atoms with Crippen LogP contribution in [0.1, 0.15) is 11.6 Å². The van der Waals surface area contributed by atoms with Crippen molar-refractivity contribution in [2.24, 2.45) is 0 Å². The Morgan fingerprint density at radius 2 is 1.74 bits per heavy atom. The molecule has 8 heteroatoms. The van der Waals surface area contributed by atoms with Crippen molar-refractivity contribution in [3.63, 3.8) is 0 Å². The van der Waals surface area contributed by atoms with Gasteiger partial charge in [0.25, 0.3) is 0 Å². The van der Waals surface area contributed by atoms with E-state index < -0.39 is 0 Å². The molecule has 4 rings (SSSR count). The number of morpholine rings is 1. The third kappa shape index (κ3) is 5.68. The summed E-state index contributed by atoms with van der Waals surface area (Å²) in [4.78, 5) is 11.1. The number of halogens is 1. The summed E-state index contributed by atoms with van der Waals surface area (Å²) < 4.78 is 29.6. The van der Waals surface area contributed by atoms with Crippen molar-refractivity contribution in [1.82, 2.24) is 14.9 Å². The zero-order valence-electron chi connectivity index (χ0n) is 17.3. The highest BCUT2D eigenvalue weighted by Gasteiger charge is 2.23. The molecule has 0 aliphatic carbocycles. The predicted octanol–water partition coefficient (Wildman–Crippen LogP) is 3.90. The molecule has 3 aromatic rings. The maximum atomic E-state index is 13.1. The lowest BCUT2D eigenvalue weighted by Crippen LogP contribution is -2.41. The lowest BCUT2D eigenvalue weighted by Gasteiger charge is -2.35. The Labute approximate surface area is 180 Å². The van der Waals surface area contributed by atoms with Crippen LogP contribution in [0.25, 0.3) is 0 Å². The molecule has 0 bridgehead atoms. The second-order valence-corrected chi connectivity index (χ2v) is 7.09. The second-order valence-electron chi connectivity index (χ2n) is 7.09. The molecule has 1 N–H and O–H groups in total. The molecule has 0 amide bonds. The van der Waals surface area contributed by atoms with E-state index in [9.17, 15) is 4.39 Å². The number of hydrogen-bond donors (Lipinski definition) is 1. The first-order chi connectivity index (χ1) is 15.2. The molecule has 1 aromatic heterocycles. The third-order valence-corrected chi connectivity index (χ3v) is 5.11. The first-order valence-corrected chi connectivity index (χ1v) is 10.2. The van der Waals surface area contributed by atoms with E-state index in [1.165, 1.54) is 17.7 Å². The van der Waals surface area contributed by atoms with E-state index in [1.807, 2.05) is 12.1 Å². The van der Waals surface area contributed by atoms with Gasteiger partial charge in [0.2, 0.25) is 11.8 Å². The molecule has 0 spiro atoms. The lowest BCUT2D eigenvalue weighted by atomic mass is 10.0. The number of hydrogen-bond acceptors (Lipinski definition) is 7. The summed E-state index contributed by atoms with van der Waals surface area (Å²) in [7, 11) is 1.66. The van der Waals surface area contributed by atoms with Crippen LogP contribution in [0.2, 0.25) is 0 Å². The highest BCUT2D eigenvalue weighted by atomic mass is 19.1. The van der Waals surface area contributed by atoms with Crippen LogP contribution in [0.4, 0.5) is 10.3 Å². The Hall–Kier alpha value is -3.23. The first-order valence-electron chi connectivity index (χ1n) is 10.2. The van der Waals surface area contributed by atoms with Gasteiger partial charge in [-0.05, 0) is 42.0 Å². The molecule has 0 saturated carbocycles. The average Bonchev–Trinajstić information content (AvgIpc) is 2.82. The monoisotopic (exact) mass is 424 g/mol. The highest BCUT2D eigenvalue weighted by Crippen LogP contribution is 2.25. The second kappa shape index (κ2) is 10.2. The minimum Gasteiger partial charge on any atom is -0.497 e. The number of rotatable bonds is 8. The molecule has 2 aromatic carbocycles. The van der Waals surface area contributed by atoms with Crippen LogP contribution in [0, 0.1) is 5.82 Å². The quantitative estimate of drug-likeness (QED) is 0.588. The number of benzene rings is 2. The van der Waals surface area contributed by atoms with Gasteiger partial charge in [-0.3, -0.25) is 4.90 Å². The summed E-state index contributed by atoms with van der Waals surface area (Å²) >= 11 is 0. The third-order valence-electron chi connectivity index (χ3n) is 5.11. The molecule has 1 atom stereocenters. The first kappa shape index (κ1) is 21.0. The van der Waals surface area contributed by atoms with E-state index in [1.54, 1.807) is 31.5 Å². The summed E-state index contributed by atoms with van der Waals surface area (Å²) in [6, 6.07) is 15.7. The van der Waals surface area contributed by atoms with Crippen molar-refractivity contribution in [1.29, 1.82) is 0 Å². The Morgan fingerprint density at radius 3 is 2.45 bits per heavy atom. The van der Waals surface area contributed by atoms with Crippen LogP contribution in [-0.4, -0.2) is 54.8 Å². The number of methoxy groups -OCH3 is 1. The number of aromatic nitrogens is 2. The van der Waals surface area contributed by atoms with Gasteiger partial charge < -0.3 is 19.5 Å². The van der Waals surface area contributed by atoms with Crippen molar-refractivity contribution in [2.45, 2.75) is 6.04 Å². The summed E-state index contributed by atoms with van der Waals surface area (Å²) in [5.74, 6) is 1.87. The SMILES string of the molecule is COc1ccc(C(CNc2nccc(Oc3ccc(F)cc3)n2)N2CCOCC2)cc1. The van der Waals surface area contributed by atoms with E-state index in [4.69, 9.17) is 14.2 Å². The van der Waals surface area contributed by atoms with Gasteiger partial charge in [-0.1, -0.05) is 12.1 Å². The fourth-order valence-corrected chi connectivity index (χ4v) is 3.47. The number of ether oxygens (including phenoxy) is 3. The molecule has 1 unspecified atom stereocenters. The fourth-order valence-electron chi connectivity index (χ4n) is 3.47. The van der Waals surface area contributed by atoms with Crippen LogP contribution >= 0.6 is 0 Å². The number of nitrogens with one attached hydrogen (secondary N) is 1. The summed E-state index contributed by atoms with van der Waals surface area (Å²) in [5.41, 5.74) is 1.17. The Kier molecular flexibility index (Phi) is 6.91. The predicted molar refractivity (Wildman–Crippen MR) is 115 cm³/mol. The minimum atomic E-state index is -0.315. The van der Waals surface area contributed by atoms with E-state index >= 15 is 0 Å². The maximum Gasteiger partial charge on any atom is 0.226 e. The molecule has 2 heterocycles. The van der Waals surface area contributed by atoms with Crippen LogP contribution in [0.3, 0.4) is 0 Å². The van der Waals surface area contributed by atoms with Gasteiger partial charge in [-0.15, -0.1) is 0 Å². The molecule has 1 fully saturated rings. The van der Waals surface area contributed by atoms with Crippen LogP contribution < -0.4 is 14.8 Å². The molecule has 1 saturated heterocycles. The van der Waals surface area contributed by atoms with Crippen molar-refractivity contribution < 1.29 is 18.6 Å². The van der Waals surface area contributed by atoms with E-state index in [0.29, 0.717) is 37.3 Å². The maximum absolute atomic E-state index is 13.1. The van der Waals surface area contributed by atoms with Gasteiger partial charge in [0.15, 0.2) is 0 Å². The highest BCUT2D eigenvalue weighted by molar-refractivity contribution is 5.34. The van der Waals surface area contributed by atoms with Gasteiger partial charge in [-0.2, -0.15) is 4.98 Å². The van der Waals surface area contributed by atoms with E-state index in [-0.39, 0.29) is 11.9 Å². The lowest BCUT2D eigenvalue weighted by molar-refractivity contribution is 0.0187. The molecular formula is C23H25FN4O3. The van der Waals surface area contributed by atoms with Crippen molar-refractivity contribution in [3.8, 4) is 17.4 Å². The zero-order valence-corrected chi connectivity index (χ0v) is 17.3. The minimum absolute atomic E-state index is 0.125. The van der Waals surface area contributed by atoms with Crippen molar-refractivity contribution in [2.75, 3.05) is 45.3 Å². The smallest absolute Gasteiger partial charge is 0.226 e. The van der Waals surface area contributed by atoms with Gasteiger partial charge in [0, 0.05) is 31.9 Å². The van der Waals surface area contributed by atoms with Gasteiger partial charge >= 0.3 is 0 Å². The normalized spacial score (nSPS) is 15.3. The van der Waals surface area contributed by atoms with Crippen LogP contribution in [-0.2, 0) is 4.74 Å². The number of nitrogens with zero attached hydrogens (tertiary/aromatic N) is 3. The van der Waals surface area contributed by atoms with Gasteiger partial charge in [-0.25, -0.2) is 9.37 Å². The summed E-state index contributed by atoms with van der Waals surface area (Å²) in [5, 5.41) is 3.33. The fraction of sp³-hybridized carbons (Fsp3) is 0.304. The Balaban J connectivity index is 1.46. The molecule has 0 radical (unpaired) electrons. The van der Waals surface area contributed by atoms with Crippen molar-refractivity contribution >= 4 is 5.95 Å². The zero-order chi connectivity index (χ0) is 21.5. The van der Waals surface area contributed by atoms with Crippen LogP contribution in [0.5, 0.6) is 17.4 Å². The van der Waals surface area contributed by atoms with Crippen molar-refractivity contribution in [3.05, 3.63) is 72.2 Å². The summed E-state index contributed by atoms with van der Waals surface area (Å²) in [6.45, 7) is 3.75. The molecule has 162 valence electrons. The van der Waals surface area contributed by atoms with Gasteiger partial charge in [0.05, 0.1) is 26.4 Å². The Bertz CT molecular complexity index is 963. The Morgan fingerprint density at radius 1 is 1.03 bits per heavy atom. The molecule has 1 aliphatic rings. The molecule has 31 heavy (non-hydrogen) atoms. The van der Waals surface area contributed by atoms with Crippen LogP contribution in [0.15, 0.2) is 60.8 Å². The molecule has 1 aliphatic heterocycles. The molecule has 7 nitrogen and oxygen atoms in total. The van der Waals surface area contributed by atoms with E-state index in [2.05, 4.69) is 32.3 Å². The largest absolute Gasteiger partial charge is 0.497 e. The van der Waals surface area contributed by atoms with E-state index in [0.717, 1.165) is 18.8 Å². The number of anilines is 1.